The molecule has 1 aliphatic carbocycles. The average molecular weight is 252 g/mol. The molecule has 1 saturated carbocycles. The first-order valence-electron chi connectivity index (χ1n) is 7.68. The molecule has 0 atom stereocenters. The highest BCUT2D eigenvalue weighted by Crippen LogP contribution is 2.25. The molecule has 0 spiro atoms. The zero-order chi connectivity index (χ0) is 13.0. The highest BCUT2D eigenvalue weighted by Gasteiger charge is 2.25. The summed E-state index contributed by atoms with van der Waals surface area (Å²) in [5, 5.41) is 3.18. The summed E-state index contributed by atoms with van der Waals surface area (Å²) < 4.78 is 0. The van der Waals surface area contributed by atoms with Crippen LogP contribution in [0.5, 0.6) is 0 Å². The number of rotatable bonds is 4. The van der Waals surface area contributed by atoms with Crippen LogP contribution in [0.15, 0.2) is 0 Å². The second-order valence-electron chi connectivity index (χ2n) is 6.30. The van der Waals surface area contributed by atoms with E-state index in [-0.39, 0.29) is 0 Å². The van der Waals surface area contributed by atoms with Crippen molar-refractivity contribution in [2.45, 2.75) is 58.4 Å². The lowest BCUT2D eigenvalue weighted by Crippen LogP contribution is -2.42. The van der Waals surface area contributed by atoms with Gasteiger partial charge in [-0.2, -0.15) is 0 Å². The molecule has 3 heteroatoms. The predicted molar refractivity (Wildman–Crippen MR) is 74.4 cm³/mol. The van der Waals surface area contributed by atoms with Crippen LogP contribution >= 0.6 is 0 Å². The second-order valence-corrected chi connectivity index (χ2v) is 6.30. The Hall–Kier alpha value is -0.570. The normalized spacial score (nSPS) is 23.7. The number of likely N-dealkylation sites (tertiary alicyclic amines) is 1. The van der Waals surface area contributed by atoms with Gasteiger partial charge < -0.3 is 10.2 Å². The maximum absolute atomic E-state index is 11.9. The van der Waals surface area contributed by atoms with Crippen LogP contribution in [0.4, 0.5) is 0 Å². The molecule has 1 saturated heterocycles. The molecule has 0 unspecified atom stereocenters. The fraction of sp³-hybridized carbons (Fsp3) is 0.933. The topological polar surface area (TPSA) is 32.3 Å². The van der Waals surface area contributed by atoms with Gasteiger partial charge in [0, 0.05) is 18.5 Å². The molecular weight excluding hydrogens is 224 g/mol. The predicted octanol–water partition coefficient (Wildman–Crippen LogP) is 2.41. The zero-order valence-corrected chi connectivity index (χ0v) is 12.0. The lowest BCUT2D eigenvalue weighted by atomic mass is 9.95. The number of amides is 1. The third-order valence-electron chi connectivity index (χ3n) is 4.67. The Kier molecular flexibility index (Phi) is 5.04. The Labute approximate surface area is 111 Å². The van der Waals surface area contributed by atoms with Gasteiger partial charge in [-0.05, 0) is 58.5 Å². The van der Waals surface area contributed by atoms with Gasteiger partial charge in [0.25, 0.3) is 0 Å². The van der Waals surface area contributed by atoms with Crippen LogP contribution in [0.25, 0.3) is 0 Å². The number of nitrogens with one attached hydrogen (secondary N) is 1. The standard InChI is InChI=1S/C15H28N2O/c1-12(2)17-9-7-13(8-10-17)11-16-15(18)14-5-3-4-6-14/h12-14H,3-11H2,1-2H3,(H,16,18). The molecule has 0 aromatic rings. The van der Waals surface area contributed by atoms with Gasteiger partial charge in [-0.15, -0.1) is 0 Å². The third kappa shape index (κ3) is 3.71. The van der Waals surface area contributed by atoms with Crippen molar-refractivity contribution in [1.29, 1.82) is 0 Å². The molecule has 1 heterocycles. The van der Waals surface area contributed by atoms with Gasteiger partial charge in [-0.25, -0.2) is 0 Å². The quantitative estimate of drug-likeness (QED) is 0.833. The van der Waals surface area contributed by atoms with Crippen LogP contribution in [-0.2, 0) is 4.79 Å². The number of carbonyl (C=O) groups is 1. The van der Waals surface area contributed by atoms with E-state index in [9.17, 15) is 4.79 Å². The highest BCUT2D eigenvalue weighted by molar-refractivity contribution is 5.78. The lowest BCUT2D eigenvalue weighted by molar-refractivity contribution is -0.125. The van der Waals surface area contributed by atoms with Gasteiger partial charge in [0.1, 0.15) is 0 Å². The van der Waals surface area contributed by atoms with E-state index in [1.165, 1.54) is 38.8 Å². The number of nitrogens with zero attached hydrogens (tertiary/aromatic N) is 1. The Balaban J connectivity index is 1.64. The van der Waals surface area contributed by atoms with Crippen molar-refractivity contribution in [3.63, 3.8) is 0 Å². The van der Waals surface area contributed by atoms with Crippen molar-refractivity contribution in [2.75, 3.05) is 19.6 Å². The molecule has 3 nitrogen and oxygen atoms in total. The number of hydrogen-bond acceptors (Lipinski definition) is 2. The van der Waals surface area contributed by atoms with E-state index >= 15 is 0 Å². The van der Waals surface area contributed by atoms with Crippen LogP contribution < -0.4 is 5.32 Å². The molecule has 0 aromatic heterocycles. The van der Waals surface area contributed by atoms with Crippen molar-refractivity contribution >= 4 is 5.91 Å². The maximum Gasteiger partial charge on any atom is 0.223 e. The first kappa shape index (κ1) is 13.9. The molecule has 1 aliphatic heterocycles. The van der Waals surface area contributed by atoms with E-state index < -0.39 is 0 Å². The maximum atomic E-state index is 11.9. The molecule has 2 fully saturated rings. The summed E-state index contributed by atoms with van der Waals surface area (Å²) in [6.45, 7) is 7.83. The molecule has 104 valence electrons. The minimum Gasteiger partial charge on any atom is -0.356 e. The molecule has 18 heavy (non-hydrogen) atoms. The molecular formula is C15H28N2O. The number of carbonyl (C=O) groups excluding carboxylic acids is 1. The van der Waals surface area contributed by atoms with E-state index in [1.807, 2.05) is 0 Å². The Morgan fingerprint density at radius 3 is 2.33 bits per heavy atom. The van der Waals surface area contributed by atoms with Crippen molar-refractivity contribution < 1.29 is 4.79 Å². The zero-order valence-electron chi connectivity index (χ0n) is 12.0. The number of piperidine rings is 1. The summed E-state index contributed by atoms with van der Waals surface area (Å²) >= 11 is 0. The fourth-order valence-electron chi connectivity index (χ4n) is 3.25. The van der Waals surface area contributed by atoms with Gasteiger partial charge in [0.2, 0.25) is 5.91 Å². The van der Waals surface area contributed by atoms with Crippen LogP contribution in [0.1, 0.15) is 52.4 Å². The summed E-state index contributed by atoms with van der Waals surface area (Å²) in [6, 6.07) is 0.666. The van der Waals surface area contributed by atoms with Crippen molar-refractivity contribution in [3.8, 4) is 0 Å². The van der Waals surface area contributed by atoms with Crippen molar-refractivity contribution in [1.82, 2.24) is 10.2 Å². The summed E-state index contributed by atoms with van der Waals surface area (Å²) in [6.07, 6.45) is 7.18. The third-order valence-corrected chi connectivity index (χ3v) is 4.67. The minimum atomic E-state index is 0.318. The summed E-state index contributed by atoms with van der Waals surface area (Å²) in [4.78, 5) is 14.5. The van der Waals surface area contributed by atoms with E-state index in [4.69, 9.17) is 0 Å². The Morgan fingerprint density at radius 2 is 1.78 bits per heavy atom. The molecule has 0 radical (unpaired) electrons. The largest absolute Gasteiger partial charge is 0.356 e. The van der Waals surface area contributed by atoms with Crippen LogP contribution in [0.2, 0.25) is 0 Å². The monoisotopic (exact) mass is 252 g/mol. The molecule has 1 amide bonds. The first-order valence-corrected chi connectivity index (χ1v) is 7.68. The Bertz CT molecular complexity index is 264. The summed E-state index contributed by atoms with van der Waals surface area (Å²) in [5.74, 6) is 1.34. The smallest absolute Gasteiger partial charge is 0.223 e. The van der Waals surface area contributed by atoms with E-state index in [0.717, 1.165) is 19.4 Å². The van der Waals surface area contributed by atoms with Gasteiger partial charge in [-0.3, -0.25) is 4.79 Å². The van der Waals surface area contributed by atoms with Crippen LogP contribution in [0, 0.1) is 11.8 Å². The molecule has 2 aliphatic rings. The SMILES string of the molecule is CC(C)N1CCC(CNC(=O)C2CCCC2)CC1. The average Bonchev–Trinajstić information content (AvgIpc) is 2.90. The van der Waals surface area contributed by atoms with E-state index in [2.05, 4.69) is 24.1 Å². The van der Waals surface area contributed by atoms with Gasteiger partial charge in [0.15, 0.2) is 0 Å². The van der Waals surface area contributed by atoms with Gasteiger partial charge >= 0.3 is 0 Å². The van der Waals surface area contributed by atoms with E-state index in [0.29, 0.717) is 23.8 Å². The minimum absolute atomic E-state index is 0.318. The molecule has 2 rings (SSSR count). The molecule has 0 bridgehead atoms. The summed E-state index contributed by atoms with van der Waals surface area (Å²) in [7, 11) is 0. The van der Waals surface area contributed by atoms with Crippen LogP contribution in [0.3, 0.4) is 0 Å². The van der Waals surface area contributed by atoms with Crippen LogP contribution in [-0.4, -0.2) is 36.5 Å². The molecule has 1 N–H and O–H groups in total. The van der Waals surface area contributed by atoms with Crippen molar-refractivity contribution in [2.24, 2.45) is 11.8 Å². The fourth-order valence-corrected chi connectivity index (χ4v) is 3.25. The second kappa shape index (κ2) is 6.55. The lowest BCUT2D eigenvalue weighted by Gasteiger charge is -2.34. The number of hydrogen-bond donors (Lipinski definition) is 1. The van der Waals surface area contributed by atoms with E-state index in [1.54, 1.807) is 0 Å². The Morgan fingerprint density at radius 1 is 1.17 bits per heavy atom. The van der Waals surface area contributed by atoms with Gasteiger partial charge in [-0.1, -0.05) is 12.8 Å². The summed E-state index contributed by atoms with van der Waals surface area (Å²) in [5.41, 5.74) is 0. The molecule has 0 aromatic carbocycles. The van der Waals surface area contributed by atoms with Crippen molar-refractivity contribution in [3.05, 3.63) is 0 Å². The first-order chi connectivity index (χ1) is 8.66. The highest BCUT2D eigenvalue weighted by atomic mass is 16.1. The van der Waals surface area contributed by atoms with Gasteiger partial charge in [0.05, 0.1) is 0 Å².